The smallest absolute Gasteiger partial charge is 0.137 e. The van der Waals surface area contributed by atoms with Gasteiger partial charge in [0.05, 0.1) is 4.47 Å². The van der Waals surface area contributed by atoms with Crippen LogP contribution in [-0.4, -0.2) is 5.11 Å². The van der Waals surface area contributed by atoms with E-state index in [-0.39, 0.29) is 17.2 Å². The third kappa shape index (κ3) is 2.09. The second-order valence-corrected chi connectivity index (χ2v) is 5.22. The number of phenolic OH excluding ortho intramolecular Hbond substituents is 1. The summed E-state index contributed by atoms with van der Waals surface area (Å²) in [7, 11) is 0. The highest BCUT2D eigenvalue weighted by Gasteiger charge is 2.28. The topological polar surface area (TPSA) is 46.2 Å². The van der Waals surface area contributed by atoms with E-state index >= 15 is 0 Å². The van der Waals surface area contributed by atoms with Crippen molar-refractivity contribution in [3.05, 3.63) is 28.0 Å². The molecule has 1 aromatic carbocycles. The van der Waals surface area contributed by atoms with Crippen LogP contribution >= 0.6 is 15.9 Å². The molecule has 4 heteroatoms. The molecular formula is C12H15BrFNO. The zero-order chi connectivity index (χ0) is 11.7. The molecule has 0 heterocycles. The molecule has 3 N–H and O–H groups in total. The van der Waals surface area contributed by atoms with Crippen LogP contribution < -0.4 is 5.73 Å². The van der Waals surface area contributed by atoms with Crippen molar-refractivity contribution in [1.82, 2.24) is 0 Å². The first-order valence-corrected chi connectivity index (χ1v) is 6.33. The van der Waals surface area contributed by atoms with Crippen molar-refractivity contribution in [2.24, 2.45) is 11.7 Å². The zero-order valence-electron chi connectivity index (χ0n) is 8.92. The molecule has 0 aliphatic heterocycles. The van der Waals surface area contributed by atoms with Gasteiger partial charge in [-0.3, -0.25) is 0 Å². The second kappa shape index (κ2) is 4.72. The molecule has 1 fully saturated rings. The maximum absolute atomic E-state index is 13.7. The summed E-state index contributed by atoms with van der Waals surface area (Å²) in [6.07, 6.45) is 4.34. The molecule has 0 saturated heterocycles. The third-order valence-electron chi connectivity index (χ3n) is 3.36. The standard InChI is InChI=1S/C12H15BrFNO/c13-8-5-6-9(14)10(12(8)16)11(15)7-3-1-2-4-7/h5-7,11,16H,1-4,15H2/t11-/m1/s1. The van der Waals surface area contributed by atoms with Crippen LogP contribution in [0.5, 0.6) is 5.75 Å². The first kappa shape index (κ1) is 11.9. The Kier molecular flexibility index (Phi) is 3.50. The van der Waals surface area contributed by atoms with E-state index in [2.05, 4.69) is 15.9 Å². The van der Waals surface area contributed by atoms with E-state index in [0.717, 1.165) is 25.7 Å². The van der Waals surface area contributed by atoms with Crippen LogP contribution in [-0.2, 0) is 0 Å². The average molecular weight is 288 g/mol. The fraction of sp³-hybridized carbons (Fsp3) is 0.500. The van der Waals surface area contributed by atoms with Gasteiger partial charge < -0.3 is 10.8 Å². The Labute approximate surface area is 103 Å². The van der Waals surface area contributed by atoms with Gasteiger partial charge in [0.25, 0.3) is 0 Å². The molecule has 1 atom stereocenters. The molecule has 2 rings (SSSR count). The monoisotopic (exact) mass is 287 g/mol. The fourth-order valence-electron chi connectivity index (χ4n) is 2.43. The van der Waals surface area contributed by atoms with Gasteiger partial charge in [0, 0.05) is 11.6 Å². The van der Waals surface area contributed by atoms with E-state index in [1.165, 1.54) is 12.1 Å². The molecule has 0 unspecified atom stereocenters. The van der Waals surface area contributed by atoms with Crippen molar-refractivity contribution in [3.63, 3.8) is 0 Å². The van der Waals surface area contributed by atoms with Crippen LogP contribution in [0.15, 0.2) is 16.6 Å². The van der Waals surface area contributed by atoms with Crippen LogP contribution in [0.4, 0.5) is 4.39 Å². The Balaban J connectivity index is 2.34. The molecule has 1 aliphatic rings. The second-order valence-electron chi connectivity index (χ2n) is 4.36. The van der Waals surface area contributed by atoms with Crippen LogP contribution in [0.2, 0.25) is 0 Å². The van der Waals surface area contributed by atoms with Crippen LogP contribution in [0.3, 0.4) is 0 Å². The first-order valence-electron chi connectivity index (χ1n) is 5.53. The number of nitrogens with two attached hydrogens (primary N) is 1. The lowest BCUT2D eigenvalue weighted by Crippen LogP contribution is -2.20. The van der Waals surface area contributed by atoms with Gasteiger partial charge in [0.1, 0.15) is 11.6 Å². The number of phenols is 1. The van der Waals surface area contributed by atoms with E-state index in [9.17, 15) is 9.50 Å². The maximum Gasteiger partial charge on any atom is 0.137 e. The number of benzene rings is 1. The minimum atomic E-state index is -0.417. The van der Waals surface area contributed by atoms with Gasteiger partial charge in [-0.1, -0.05) is 12.8 Å². The maximum atomic E-state index is 13.7. The molecule has 0 bridgehead atoms. The molecular weight excluding hydrogens is 273 g/mol. The van der Waals surface area contributed by atoms with Crippen molar-refractivity contribution >= 4 is 15.9 Å². The Morgan fingerprint density at radius 1 is 1.38 bits per heavy atom. The molecule has 0 spiro atoms. The Bertz CT molecular complexity index is 391. The summed E-state index contributed by atoms with van der Waals surface area (Å²) < 4.78 is 14.2. The van der Waals surface area contributed by atoms with E-state index in [1.54, 1.807) is 0 Å². The van der Waals surface area contributed by atoms with Crippen LogP contribution in [0.1, 0.15) is 37.3 Å². The Hall–Kier alpha value is -0.610. The number of halogens is 2. The highest BCUT2D eigenvalue weighted by atomic mass is 79.9. The molecule has 1 aromatic rings. The number of hydrogen-bond acceptors (Lipinski definition) is 2. The van der Waals surface area contributed by atoms with E-state index < -0.39 is 11.9 Å². The minimum Gasteiger partial charge on any atom is -0.506 e. The Morgan fingerprint density at radius 2 is 2.00 bits per heavy atom. The van der Waals surface area contributed by atoms with Gasteiger partial charge in [-0.2, -0.15) is 0 Å². The molecule has 0 radical (unpaired) electrons. The highest BCUT2D eigenvalue weighted by molar-refractivity contribution is 9.10. The van der Waals surface area contributed by atoms with E-state index in [1.807, 2.05) is 0 Å². The van der Waals surface area contributed by atoms with Crippen molar-refractivity contribution in [2.75, 3.05) is 0 Å². The van der Waals surface area contributed by atoms with Crippen molar-refractivity contribution < 1.29 is 9.50 Å². The molecule has 0 amide bonds. The predicted octanol–water partition coefficient (Wildman–Crippen LogP) is 3.48. The zero-order valence-corrected chi connectivity index (χ0v) is 10.5. The number of aromatic hydroxyl groups is 1. The average Bonchev–Trinajstić information content (AvgIpc) is 2.77. The molecule has 1 saturated carbocycles. The van der Waals surface area contributed by atoms with Crippen molar-refractivity contribution in [1.29, 1.82) is 0 Å². The summed E-state index contributed by atoms with van der Waals surface area (Å²) in [5.41, 5.74) is 6.30. The molecule has 1 aliphatic carbocycles. The number of hydrogen-bond donors (Lipinski definition) is 2. The largest absolute Gasteiger partial charge is 0.506 e. The van der Waals surface area contributed by atoms with Gasteiger partial charge in [0.2, 0.25) is 0 Å². The van der Waals surface area contributed by atoms with Gasteiger partial charge in [-0.15, -0.1) is 0 Å². The summed E-state index contributed by atoms with van der Waals surface area (Å²) in [6, 6.07) is 2.43. The molecule has 16 heavy (non-hydrogen) atoms. The lowest BCUT2D eigenvalue weighted by Gasteiger charge is -2.21. The summed E-state index contributed by atoms with van der Waals surface area (Å²) in [6.45, 7) is 0. The highest BCUT2D eigenvalue weighted by Crippen LogP contribution is 2.40. The van der Waals surface area contributed by atoms with Crippen molar-refractivity contribution in [3.8, 4) is 5.75 Å². The summed E-state index contributed by atoms with van der Waals surface area (Å²) in [5.74, 6) is -0.186. The van der Waals surface area contributed by atoms with Gasteiger partial charge in [-0.25, -0.2) is 4.39 Å². The quantitative estimate of drug-likeness (QED) is 0.875. The van der Waals surface area contributed by atoms with Crippen molar-refractivity contribution in [2.45, 2.75) is 31.7 Å². The van der Waals surface area contributed by atoms with Crippen LogP contribution in [0, 0.1) is 11.7 Å². The normalized spacial score (nSPS) is 18.9. The lowest BCUT2D eigenvalue weighted by atomic mass is 9.91. The SMILES string of the molecule is N[C@@H](c1c(F)ccc(Br)c1O)C1CCCC1. The van der Waals surface area contributed by atoms with E-state index in [4.69, 9.17) is 5.73 Å². The fourth-order valence-corrected chi connectivity index (χ4v) is 2.77. The van der Waals surface area contributed by atoms with Gasteiger partial charge in [-0.05, 0) is 46.8 Å². The third-order valence-corrected chi connectivity index (χ3v) is 4.00. The van der Waals surface area contributed by atoms with Crippen LogP contribution in [0.25, 0.3) is 0 Å². The minimum absolute atomic E-state index is 0.0561. The first-order chi connectivity index (χ1) is 7.61. The van der Waals surface area contributed by atoms with Gasteiger partial charge in [0.15, 0.2) is 0 Å². The summed E-state index contributed by atoms with van der Waals surface area (Å²) in [4.78, 5) is 0. The Morgan fingerprint density at radius 3 is 2.62 bits per heavy atom. The number of rotatable bonds is 2. The molecule has 2 nitrogen and oxygen atoms in total. The molecule has 0 aromatic heterocycles. The predicted molar refractivity (Wildman–Crippen MR) is 64.7 cm³/mol. The summed E-state index contributed by atoms with van der Waals surface area (Å²) >= 11 is 3.18. The summed E-state index contributed by atoms with van der Waals surface area (Å²) in [5, 5.41) is 9.84. The molecule has 88 valence electrons. The van der Waals surface area contributed by atoms with E-state index in [0.29, 0.717) is 4.47 Å². The lowest BCUT2D eigenvalue weighted by molar-refractivity contribution is 0.395. The van der Waals surface area contributed by atoms with Gasteiger partial charge >= 0.3 is 0 Å².